The van der Waals surface area contributed by atoms with Crippen LogP contribution in [0.2, 0.25) is 0 Å². The van der Waals surface area contributed by atoms with E-state index in [2.05, 4.69) is 33.7 Å². The first kappa shape index (κ1) is 18.4. The molecular weight excluding hydrogens is 386 g/mol. The molecule has 3 aliphatic rings. The second-order valence-electron chi connectivity index (χ2n) is 8.66. The molecule has 2 unspecified atom stereocenters. The van der Waals surface area contributed by atoms with Crippen molar-refractivity contribution in [2.24, 2.45) is 4.99 Å². The smallest absolute Gasteiger partial charge is 0.280 e. The maximum atomic E-state index is 13.5. The molecule has 3 heterocycles. The van der Waals surface area contributed by atoms with Gasteiger partial charge in [-0.2, -0.15) is 0 Å². The Labute approximate surface area is 181 Å². The lowest BCUT2D eigenvalue weighted by Gasteiger charge is -2.34. The highest BCUT2D eigenvalue weighted by atomic mass is 16.2. The van der Waals surface area contributed by atoms with Crippen LogP contribution in [0.15, 0.2) is 65.7 Å². The van der Waals surface area contributed by atoms with E-state index in [1.54, 1.807) is 4.90 Å². The van der Waals surface area contributed by atoms with E-state index in [0.29, 0.717) is 24.7 Å². The van der Waals surface area contributed by atoms with Gasteiger partial charge in [-0.1, -0.05) is 60.7 Å². The minimum absolute atomic E-state index is 0.0206. The highest BCUT2D eigenvalue weighted by molar-refractivity contribution is 6.18. The van der Waals surface area contributed by atoms with Gasteiger partial charge in [0.25, 0.3) is 5.91 Å². The summed E-state index contributed by atoms with van der Waals surface area (Å²) in [6, 6.07) is 21.2. The van der Waals surface area contributed by atoms with E-state index in [-0.39, 0.29) is 11.9 Å². The Morgan fingerprint density at radius 1 is 0.968 bits per heavy atom. The van der Waals surface area contributed by atoms with Gasteiger partial charge < -0.3 is 4.57 Å². The van der Waals surface area contributed by atoms with Gasteiger partial charge in [0.2, 0.25) is 5.96 Å². The minimum atomic E-state index is -0.0206. The molecule has 2 aliphatic heterocycles. The van der Waals surface area contributed by atoms with Crippen molar-refractivity contribution in [3.05, 3.63) is 83.3 Å². The largest absolute Gasteiger partial charge is 0.317 e. The molecule has 6 heteroatoms. The van der Waals surface area contributed by atoms with E-state index in [1.807, 2.05) is 43.4 Å². The Bertz CT molecular complexity index is 1170. The van der Waals surface area contributed by atoms with Crippen molar-refractivity contribution >= 4 is 17.7 Å². The van der Waals surface area contributed by atoms with Crippen LogP contribution in [0.25, 0.3) is 0 Å². The maximum Gasteiger partial charge on any atom is 0.280 e. The molecule has 1 aliphatic carbocycles. The van der Waals surface area contributed by atoms with Crippen molar-refractivity contribution in [1.82, 2.24) is 14.5 Å². The molecule has 0 radical (unpaired) electrons. The first-order valence-electron chi connectivity index (χ1n) is 11.0. The quantitative estimate of drug-likeness (QED) is 0.658. The van der Waals surface area contributed by atoms with E-state index in [1.165, 1.54) is 12.0 Å². The van der Waals surface area contributed by atoms with Gasteiger partial charge in [0, 0.05) is 20.0 Å². The van der Waals surface area contributed by atoms with Crippen LogP contribution >= 0.6 is 0 Å². The maximum absolute atomic E-state index is 13.5. The molecule has 1 saturated carbocycles. The van der Waals surface area contributed by atoms with Gasteiger partial charge in [-0.05, 0) is 30.4 Å². The predicted octanol–water partition coefficient (Wildman–Crippen LogP) is 3.70. The number of aliphatic imine (C=N–C) groups is 1. The number of rotatable bonds is 4. The van der Waals surface area contributed by atoms with Gasteiger partial charge in [0.05, 0.1) is 12.1 Å². The normalized spacial score (nSPS) is 21.7. The van der Waals surface area contributed by atoms with Crippen LogP contribution in [0.4, 0.5) is 5.82 Å². The molecule has 156 valence electrons. The molecule has 0 bridgehead atoms. The summed E-state index contributed by atoms with van der Waals surface area (Å²) in [4.78, 5) is 27.5. The number of aromatic nitrogens is 2. The van der Waals surface area contributed by atoms with Crippen LogP contribution in [-0.2, 0) is 13.0 Å². The number of nitrogens with zero attached hydrogens (tertiary/aromatic N) is 5. The summed E-state index contributed by atoms with van der Waals surface area (Å²) < 4.78 is 2.12. The topological polar surface area (TPSA) is 53.7 Å². The Hall–Kier alpha value is -3.41. The van der Waals surface area contributed by atoms with E-state index < -0.39 is 0 Å². The summed E-state index contributed by atoms with van der Waals surface area (Å²) in [6.07, 6.45) is 4.05. The van der Waals surface area contributed by atoms with Crippen LogP contribution in [0.3, 0.4) is 0 Å². The fraction of sp³-hybridized carbons (Fsp3) is 0.320. The van der Waals surface area contributed by atoms with E-state index in [9.17, 15) is 4.79 Å². The average Bonchev–Trinajstić information content (AvgIpc) is 3.47. The number of guanidine groups is 1. The Morgan fingerprint density at radius 2 is 1.68 bits per heavy atom. The summed E-state index contributed by atoms with van der Waals surface area (Å²) >= 11 is 0. The van der Waals surface area contributed by atoms with Crippen molar-refractivity contribution in [3.63, 3.8) is 0 Å². The van der Waals surface area contributed by atoms with Crippen molar-refractivity contribution in [3.8, 4) is 0 Å². The standard InChI is InChI=1S/C25H25N5O/c1-28-24(31)22-23(30-20-14-8-13-19(20)26-25(28)30)27-21(15-17-9-4-2-5-10-17)29(22)16-18-11-6-3-7-12-18/h2-7,9-12,19-20H,8,13-16H2,1H3. The molecule has 6 nitrogen and oxygen atoms in total. The van der Waals surface area contributed by atoms with Crippen LogP contribution in [0.1, 0.15) is 46.7 Å². The van der Waals surface area contributed by atoms with Crippen LogP contribution < -0.4 is 4.90 Å². The number of hydrogen-bond acceptors (Lipinski definition) is 4. The zero-order valence-electron chi connectivity index (χ0n) is 17.6. The third-order valence-corrected chi connectivity index (χ3v) is 6.72. The molecule has 6 rings (SSSR count). The number of carbonyl (C=O) groups excluding carboxylic acids is 1. The third-order valence-electron chi connectivity index (χ3n) is 6.72. The number of benzene rings is 2. The predicted molar refractivity (Wildman–Crippen MR) is 120 cm³/mol. The van der Waals surface area contributed by atoms with E-state index >= 15 is 0 Å². The summed E-state index contributed by atoms with van der Waals surface area (Å²) in [5.74, 6) is 2.46. The number of carbonyl (C=O) groups is 1. The summed E-state index contributed by atoms with van der Waals surface area (Å²) in [6.45, 7) is 0.624. The molecule has 2 atom stereocenters. The number of fused-ring (bicyclic) bond motifs is 5. The highest BCUT2D eigenvalue weighted by Gasteiger charge is 2.49. The molecule has 0 spiro atoms. The van der Waals surface area contributed by atoms with Crippen LogP contribution in [0.5, 0.6) is 0 Å². The molecule has 2 aromatic carbocycles. The van der Waals surface area contributed by atoms with Crippen molar-refractivity contribution in [1.29, 1.82) is 0 Å². The first-order valence-corrected chi connectivity index (χ1v) is 11.0. The number of anilines is 1. The number of imidazole rings is 1. The van der Waals surface area contributed by atoms with Gasteiger partial charge >= 0.3 is 0 Å². The molecule has 3 aromatic rings. The summed E-state index contributed by atoms with van der Waals surface area (Å²) in [7, 11) is 1.84. The zero-order chi connectivity index (χ0) is 20.9. The molecule has 1 aromatic heterocycles. The lowest BCUT2D eigenvalue weighted by molar-refractivity contribution is 0.0854. The Morgan fingerprint density at radius 3 is 2.42 bits per heavy atom. The van der Waals surface area contributed by atoms with Crippen LogP contribution in [0, 0.1) is 0 Å². The molecule has 0 N–H and O–H groups in total. The van der Waals surface area contributed by atoms with E-state index in [4.69, 9.17) is 9.98 Å². The SMILES string of the molecule is CN1C(=O)c2c(nc(Cc3ccccc3)n2Cc2ccccc2)N2C1=NC1CCCC12. The highest BCUT2D eigenvalue weighted by Crippen LogP contribution is 2.40. The number of hydrogen-bond donors (Lipinski definition) is 0. The fourth-order valence-electron chi connectivity index (χ4n) is 5.20. The summed E-state index contributed by atoms with van der Waals surface area (Å²) in [5.41, 5.74) is 3.03. The summed E-state index contributed by atoms with van der Waals surface area (Å²) in [5, 5.41) is 0. The Kier molecular flexibility index (Phi) is 4.19. The second kappa shape index (κ2) is 7.08. The molecule has 1 fully saturated rings. The van der Waals surface area contributed by atoms with Gasteiger partial charge in [-0.25, -0.2) is 9.98 Å². The van der Waals surface area contributed by atoms with Crippen molar-refractivity contribution < 1.29 is 4.79 Å². The molecule has 1 amide bonds. The third kappa shape index (κ3) is 2.89. The van der Waals surface area contributed by atoms with Crippen LogP contribution in [-0.4, -0.2) is 45.4 Å². The number of amides is 1. The zero-order valence-corrected chi connectivity index (χ0v) is 17.6. The van der Waals surface area contributed by atoms with Gasteiger partial charge in [0.15, 0.2) is 11.5 Å². The molecular formula is C25H25N5O. The van der Waals surface area contributed by atoms with Gasteiger partial charge in [-0.3, -0.25) is 14.6 Å². The molecule has 31 heavy (non-hydrogen) atoms. The van der Waals surface area contributed by atoms with Gasteiger partial charge in [0.1, 0.15) is 5.82 Å². The average molecular weight is 412 g/mol. The fourth-order valence-corrected chi connectivity index (χ4v) is 5.20. The lowest BCUT2D eigenvalue weighted by Crippen LogP contribution is -2.51. The van der Waals surface area contributed by atoms with Crippen molar-refractivity contribution in [2.45, 2.75) is 44.3 Å². The Balaban J connectivity index is 1.50. The first-order chi connectivity index (χ1) is 15.2. The monoisotopic (exact) mass is 411 g/mol. The van der Waals surface area contributed by atoms with Crippen molar-refractivity contribution in [2.75, 3.05) is 11.9 Å². The minimum Gasteiger partial charge on any atom is -0.317 e. The van der Waals surface area contributed by atoms with Gasteiger partial charge in [-0.15, -0.1) is 0 Å². The second-order valence-corrected chi connectivity index (χ2v) is 8.66. The lowest BCUT2D eigenvalue weighted by atomic mass is 10.1. The van der Waals surface area contributed by atoms with E-state index in [0.717, 1.165) is 36.0 Å². The molecule has 0 saturated heterocycles.